The molecule has 3 rings (SSSR count). The molecular weight excluding hydrogens is 312 g/mol. The smallest absolute Gasteiger partial charge is 0.343 e. The first-order valence-corrected chi connectivity index (χ1v) is 8.99. The van der Waals surface area contributed by atoms with E-state index in [0.29, 0.717) is 5.25 Å². The fraction of sp³-hybridized carbons (Fsp3) is 0.562. The number of nitrogens with one attached hydrogen (secondary N) is 1. The first kappa shape index (κ1) is 16.3. The van der Waals surface area contributed by atoms with Gasteiger partial charge in [-0.05, 0) is 30.9 Å². The Kier molecular flexibility index (Phi) is 5.51. The number of H-pyrrole nitrogens is 1. The van der Waals surface area contributed by atoms with Crippen LogP contribution in [-0.2, 0) is 11.3 Å². The number of hydrogen-bond donors (Lipinski definition) is 1. The minimum atomic E-state index is -0.114. The van der Waals surface area contributed by atoms with Crippen LogP contribution in [0.5, 0.6) is 0 Å². The quantitative estimate of drug-likeness (QED) is 0.879. The Bertz CT molecular complexity index is 670. The summed E-state index contributed by atoms with van der Waals surface area (Å²) in [5, 5.41) is 7.95. The number of aromatic amines is 1. The van der Waals surface area contributed by atoms with Gasteiger partial charge in [-0.2, -0.15) is 0 Å². The summed E-state index contributed by atoms with van der Waals surface area (Å²) in [6.45, 7) is 3.57. The second-order valence-corrected chi connectivity index (χ2v) is 6.99. The van der Waals surface area contributed by atoms with Crippen molar-refractivity contribution < 1.29 is 4.74 Å². The molecule has 1 N–H and O–H groups in total. The van der Waals surface area contributed by atoms with E-state index < -0.39 is 0 Å². The van der Waals surface area contributed by atoms with Crippen molar-refractivity contribution in [3.8, 4) is 0 Å². The van der Waals surface area contributed by atoms with Crippen LogP contribution < -0.4 is 5.69 Å². The van der Waals surface area contributed by atoms with Crippen molar-refractivity contribution in [2.24, 2.45) is 0 Å². The summed E-state index contributed by atoms with van der Waals surface area (Å²) >= 11 is 1.68. The van der Waals surface area contributed by atoms with Gasteiger partial charge in [0, 0.05) is 30.8 Å². The van der Waals surface area contributed by atoms with E-state index in [2.05, 4.69) is 28.2 Å². The molecule has 7 heteroatoms. The fourth-order valence-corrected chi connectivity index (χ4v) is 3.91. The predicted octanol–water partition coefficient (Wildman–Crippen LogP) is 2.78. The van der Waals surface area contributed by atoms with Crippen molar-refractivity contribution in [3.05, 3.63) is 40.6 Å². The third-order valence-electron chi connectivity index (χ3n) is 4.02. The van der Waals surface area contributed by atoms with Crippen LogP contribution in [0.1, 0.15) is 44.3 Å². The Labute approximate surface area is 139 Å². The van der Waals surface area contributed by atoms with Gasteiger partial charge in [0.15, 0.2) is 5.16 Å². The molecule has 1 aliphatic heterocycles. The monoisotopic (exact) mass is 334 g/mol. The van der Waals surface area contributed by atoms with E-state index in [9.17, 15) is 4.79 Å². The Morgan fingerprint density at radius 3 is 3.22 bits per heavy atom. The van der Waals surface area contributed by atoms with E-state index >= 15 is 0 Å². The van der Waals surface area contributed by atoms with Gasteiger partial charge in [-0.3, -0.25) is 9.55 Å². The molecular formula is C16H22N4O2S. The van der Waals surface area contributed by atoms with E-state index in [1.165, 1.54) is 0 Å². The van der Waals surface area contributed by atoms with Crippen LogP contribution in [-0.4, -0.2) is 31.6 Å². The normalized spacial score (nSPS) is 21.4. The Morgan fingerprint density at radius 1 is 1.52 bits per heavy atom. The molecule has 0 radical (unpaired) electrons. The van der Waals surface area contributed by atoms with Crippen molar-refractivity contribution in [2.75, 3.05) is 6.61 Å². The van der Waals surface area contributed by atoms with Gasteiger partial charge in [0.05, 0.1) is 6.10 Å². The van der Waals surface area contributed by atoms with Gasteiger partial charge in [-0.15, -0.1) is 5.10 Å². The maximum Gasteiger partial charge on any atom is 0.343 e. The molecule has 6 nitrogen and oxygen atoms in total. The van der Waals surface area contributed by atoms with E-state index in [0.717, 1.165) is 49.6 Å². The van der Waals surface area contributed by atoms with Crippen molar-refractivity contribution >= 4 is 11.8 Å². The summed E-state index contributed by atoms with van der Waals surface area (Å²) in [5.74, 6) is 0. The second-order valence-electron chi connectivity index (χ2n) is 5.73. The minimum absolute atomic E-state index is 0.0738. The molecule has 0 spiro atoms. The van der Waals surface area contributed by atoms with Gasteiger partial charge in [0.2, 0.25) is 0 Å². The van der Waals surface area contributed by atoms with Crippen molar-refractivity contribution in [3.63, 3.8) is 0 Å². The molecule has 1 aliphatic rings. The first-order chi connectivity index (χ1) is 11.3. The highest BCUT2D eigenvalue weighted by Gasteiger charge is 2.26. The van der Waals surface area contributed by atoms with Gasteiger partial charge in [0.25, 0.3) is 0 Å². The number of rotatable bonds is 6. The molecule has 1 fully saturated rings. The molecule has 0 unspecified atom stereocenters. The highest BCUT2D eigenvalue weighted by molar-refractivity contribution is 7.99. The van der Waals surface area contributed by atoms with Crippen LogP contribution in [0.25, 0.3) is 0 Å². The molecule has 0 saturated carbocycles. The molecule has 0 bridgehead atoms. The summed E-state index contributed by atoms with van der Waals surface area (Å²) < 4.78 is 7.63. The zero-order chi connectivity index (χ0) is 16.1. The molecule has 0 aliphatic carbocycles. The van der Waals surface area contributed by atoms with Gasteiger partial charge >= 0.3 is 5.69 Å². The third kappa shape index (κ3) is 4.03. The summed E-state index contributed by atoms with van der Waals surface area (Å²) in [5.41, 5.74) is 1.00. The zero-order valence-electron chi connectivity index (χ0n) is 13.3. The maximum absolute atomic E-state index is 11.9. The second kappa shape index (κ2) is 7.79. The number of nitrogens with zero attached hydrogens (tertiary/aromatic N) is 3. The number of thioether (sulfide) groups is 1. The molecule has 3 heterocycles. The SMILES string of the molecule is CCCCn1c(S[C@H]2CCO[C@H](c3cccnc3)C2)n[nH]c1=O. The lowest BCUT2D eigenvalue weighted by Gasteiger charge is -2.29. The molecule has 2 atom stereocenters. The van der Waals surface area contributed by atoms with Crippen molar-refractivity contribution in [1.29, 1.82) is 0 Å². The van der Waals surface area contributed by atoms with Crippen LogP contribution in [0, 0.1) is 0 Å². The van der Waals surface area contributed by atoms with Gasteiger partial charge < -0.3 is 4.74 Å². The van der Waals surface area contributed by atoms with E-state index in [4.69, 9.17) is 4.74 Å². The Morgan fingerprint density at radius 2 is 2.43 bits per heavy atom. The average Bonchev–Trinajstić information content (AvgIpc) is 2.94. The third-order valence-corrected chi connectivity index (χ3v) is 5.31. The summed E-state index contributed by atoms with van der Waals surface area (Å²) in [7, 11) is 0. The fourth-order valence-electron chi connectivity index (χ4n) is 2.73. The lowest BCUT2D eigenvalue weighted by molar-refractivity contribution is 0.0176. The van der Waals surface area contributed by atoms with Crippen LogP contribution in [0.3, 0.4) is 0 Å². The Balaban J connectivity index is 1.67. The van der Waals surface area contributed by atoms with Crippen molar-refractivity contribution in [1.82, 2.24) is 19.7 Å². The maximum atomic E-state index is 11.9. The van der Waals surface area contributed by atoms with Crippen LogP contribution in [0.15, 0.2) is 34.5 Å². The lowest BCUT2D eigenvalue weighted by Crippen LogP contribution is -2.23. The van der Waals surface area contributed by atoms with Crippen LogP contribution in [0.4, 0.5) is 0 Å². The molecule has 23 heavy (non-hydrogen) atoms. The number of unbranched alkanes of at least 4 members (excludes halogenated alkanes) is 1. The largest absolute Gasteiger partial charge is 0.373 e. The molecule has 124 valence electrons. The molecule has 1 saturated heterocycles. The molecule has 2 aromatic rings. The standard InChI is InChI=1S/C16H22N4O2S/c1-2-3-8-20-15(21)18-19-16(20)23-13-6-9-22-14(10-13)12-5-4-7-17-11-12/h4-5,7,11,13-14H,2-3,6,8-10H2,1H3,(H,18,21)/t13-,14-/m0/s1. The minimum Gasteiger partial charge on any atom is -0.373 e. The van der Waals surface area contributed by atoms with E-state index in [-0.39, 0.29) is 11.8 Å². The average molecular weight is 334 g/mol. The highest BCUT2D eigenvalue weighted by Crippen LogP contribution is 2.36. The molecule has 0 aromatic carbocycles. The van der Waals surface area contributed by atoms with Crippen LogP contribution in [0.2, 0.25) is 0 Å². The Hall–Kier alpha value is -1.60. The topological polar surface area (TPSA) is 72.8 Å². The highest BCUT2D eigenvalue weighted by atomic mass is 32.2. The molecule has 2 aromatic heterocycles. The van der Waals surface area contributed by atoms with Gasteiger partial charge in [-0.1, -0.05) is 31.2 Å². The van der Waals surface area contributed by atoms with E-state index in [1.54, 1.807) is 22.5 Å². The molecule has 0 amide bonds. The summed E-state index contributed by atoms with van der Waals surface area (Å²) in [4.78, 5) is 16.0. The summed E-state index contributed by atoms with van der Waals surface area (Å²) in [6.07, 6.45) is 7.63. The van der Waals surface area contributed by atoms with Gasteiger partial charge in [0.1, 0.15) is 0 Å². The summed E-state index contributed by atoms with van der Waals surface area (Å²) in [6, 6.07) is 3.99. The number of aromatic nitrogens is 4. The zero-order valence-corrected chi connectivity index (χ0v) is 14.1. The van der Waals surface area contributed by atoms with Gasteiger partial charge in [-0.25, -0.2) is 9.89 Å². The van der Waals surface area contributed by atoms with Crippen molar-refractivity contribution in [2.45, 2.75) is 55.7 Å². The van der Waals surface area contributed by atoms with Crippen LogP contribution >= 0.6 is 11.8 Å². The number of hydrogen-bond acceptors (Lipinski definition) is 5. The first-order valence-electron chi connectivity index (χ1n) is 8.11. The number of pyridine rings is 1. The van der Waals surface area contributed by atoms with E-state index in [1.807, 2.05) is 12.3 Å². The number of ether oxygens (including phenoxy) is 1. The predicted molar refractivity (Wildman–Crippen MR) is 89.6 cm³/mol. The lowest BCUT2D eigenvalue weighted by atomic mass is 10.0.